The van der Waals surface area contributed by atoms with Crippen LogP contribution in [0.5, 0.6) is 11.5 Å². The summed E-state index contributed by atoms with van der Waals surface area (Å²) in [7, 11) is 1.50. The molecule has 0 aliphatic heterocycles. The van der Waals surface area contributed by atoms with E-state index in [-0.39, 0.29) is 11.7 Å². The number of amides is 1. The number of phenolic OH excluding ortho intramolecular Hbond substituents is 1. The fourth-order valence-corrected chi connectivity index (χ4v) is 1.80. The lowest BCUT2D eigenvalue weighted by Gasteiger charge is -2.08. The summed E-state index contributed by atoms with van der Waals surface area (Å²) in [6, 6.07) is 8.57. The summed E-state index contributed by atoms with van der Waals surface area (Å²) in [4.78, 5) is 15.7. The highest BCUT2D eigenvalue weighted by Crippen LogP contribution is 2.26. The lowest BCUT2D eigenvalue weighted by atomic mass is 10.1. The van der Waals surface area contributed by atoms with Crippen LogP contribution in [0.4, 0.5) is 0 Å². The largest absolute Gasteiger partial charge is 0.504 e. The Morgan fingerprint density at radius 1 is 1.40 bits per heavy atom. The maximum atomic E-state index is 11.8. The zero-order valence-electron chi connectivity index (χ0n) is 11.2. The van der Waals surface area contributed by atoms with E-state index in [1.54, 1.807) is 36.5 Å². The highest BCUT2D eigenvalue weighted by Gasteiger charge is 2.05. The lowest BCUT2D eigenvalue weighted by Crippen LogP contribution is -2.25. The van der Waals surface area contributed by atoms with Gasteiger partial charge in [0, 0.05) is 18.9 Å². The minimum Gasteiger partial charge on any atom is -0.504 e. The van der Waals surface area contributed by atoms with E-state index < -0.39 is 0 Å². The van der Waals surface area contributed by atoms with Crippen molar-refractivity contribution in [2.45, 2.75) is 6.42 Å². The fourth-order valence-electron chi connectivity index (χ4n) is 1.80. The van der Waals surface area contributed by atoms with E-state index in [9.17, 15) is 9.90 Å². The molecule has 0 saturated carbocycles. The Kier molecular flexibility index (Phi) is 4.55. The van der Waals surface area contributed by atoms with Gasteiger partial charge in [-0.2, -0.15) is 0 Å². The summed E-state index contributed by atoms with van der Waals surface area (Å²) in [6.07, 6.45) is 3.81. The maximum Gasteiger partial charge on any atom is 0.252 e. The number of benzene rings is 1. The molecule has 0 saturated heterocycles. The van der Waals surface area contributed by atoms with Crippen molar-refractivity contribution in [3.05, 3.63) is 53.9 Å². The predicted octanol–water partition coefficient (Wildman–Crippen LogP) is 1.77. The first-order chi connectivity index (χ1) is 9.70. The number of hydrogen-bond acceptors (Lipinski definition) is 4. The van der Waals surface area contributed by atoms with Crippen molar-refractivity contribution in [2.75, 3.05) is 13.7 Å². The van der Waals surface area contributed by atoms with E-state index in [0.29, 0.717) is 24.3 Å². The molecule has 0 unspecified atom stereocenters. The number of aromatic nitrogens is 1. The standard InChI is InChI=1S/C15H16N2O3/c1-20-14-9-11(4-5-13(14)18)6-8-17-15(19)12-3-2-7-16-10-12/h2-5,7,9-10,18H,6,8H2,1H3,(H,17,19). The van der Waals surface area contributed by atoms with Gasteiger partial charge in [-0.25, -0.2) is 0 Å². The first-order valence-electron chi connectivity index (χ1n) is 6.25. The predicted molar refractivity (Wildman–Crippen MR) is 74.9 cm³/mol. The number of rotatable bonds is 5. The molecule has 104 valence electrons. The number of aromatic hydroxyl groups is 1. The number of carbonyl (C=O) groups excluding carboxylic acids is 1. The van der Waals surface area contributed by atoms with Crippen molar-refractivity contribution in [3.8, 4) is 11.5 Å². The van der Waals surface area contributed by atoms with Gasteiger partial charge in [0.25, 0.3) is 5.91 Å². The smallest absolute Gasteiger partial charge is 0.252 e. The molecule has 1 amide bonds. The van der Waals surface area contributed by atoms with Crippen LogP contribution in [0.2, 0.25) is 0 Å². The van der Waals surface area contributed by atoms with Gasteiger partial charge in [0.2, 0.25) is 0 Å². The van der Waals surface area contributed by atoms with Crippen molar-refractivity contribution in [3.63, 3.8) is 0 Å². The van der Waals surface area contributed by atoms with E-state index in [0.717, 1.165) is 5.56 Å². The number of ether oxygens (including phenoxy) is 1. The molecule has 2 aromatic rings. The average molecular weight is 272 g/mol. The molecule has 2 N–H and O–H groups in total. The third kappa shape index (κ3) is 3.47. The number of carbonyl (C=O) groups is 1. The van der Waals surface area contributed by atoms with Crippen molar-refractivity contribution in [2.24, 2.45) is 0 Å². The minimum absolute atomic E-state index is 0.107. The van der Waals surface area contributed by atoms with E-state index >= 15 is 0 Å². The first kappa shape index (κ1) is 13.9. The molecule has 0 radical (unpaired) electrons. The van der Waals surface area contributed by atoms with Gasteiger partial charge in [-0.1, -0.05) is 6.07 Å². The van der Waals surface area contributed by atoms with Crippen LogP contribution in [-0.4, -0.2) is 29.7 Å². The van der Waals surface area contributed by atoms with Crippen LogP contribution in [0.1, 0.15) is 15.9 Å². The average Bonchev–Trinajstić information content (AvgIpc) is 2.49. The van der Waals surface area contributed by atoms with E-state index in [2.05, 4.69) is 10.3 Å². The highest BCUT2D eigenvalue weighted by atomic mass is 16.5. The molecule has 20 heavy (non-hydrogen) atoms. The third-order valence-electron chi connectivity index (χ3n) is 2.87. The zero-order chi connectivity index (χ0) is 14.4. The molecule has 0 spiro atoms. The SMILES string of the molecule is COc1cc(CCNC(=O)c2cccnc2)ccc1O. The van der Waals surface area contributed by atoms with Gasteiger partial charge in [-0.15, -0.1) is 0 Å². The Morgan fingerprint density at radius 3 is 2.95 bits per heavy atom. The molecule has 0 atom stereocenters. The van der Waals surface area contributed by atoms with Crippen molar-refractivity contribution in [1.82, 2.24) is 10.3 Å². The van der Waals surface area contributed by atoms with Crippen LogP contribution in [0, 0.1) is 0 Å². The Morgan fingerprint density at radius 2 is 2.25 bits per heavy atom. The van der Waals surface area contributed by atoms with E-state index in [1.165, 1.54) is 13.3 Å². The van der Waals surface area contributed by atoms with Crippen LogP contribution in [0.15, 0.2) is 42.7 Å². The molecular formula is C15H16N2O3. The van der Waals surface area contributed by atoms with Gasteiger partial charge in [0.15, 0.2) is 11.5 Å². The fraction of sp³-hybridized carbons (Fsp3) is 0.200. The second kappa shape index (κ2) is 6.56. The molecule has 1 aromatic carbocycles. The van der Waals surface area contributed by atoms with Crippen LogP contribution in [0.25, 0.3) is 0 Å². The van der Waals surface area contributed by atoms with Crippen LogP contribution < -0.4 is 10.1 Å². The van der Waals surface area contributed by atoms with Gasteiger partial charge < -0.3 is 15.2 Å². The molecule has 0 aliphatic rings. The quantitative estimate of drug-likeness (QED) is 0.870. The molecule has 2 rings (SSSR count). The van der Waals surface area contributed by atoms with Gasteiger partial charge in [0.05, 0.1) is 12.7 Å². The number of nitrogens with zero attached hydrogens (tertiary/aromatic N) is 1. The molecule has 5 heteroatoms. The molecular weight excluding hydrogens is 256 g/mol. The Balaban J connectivity index is 1.89. The molecule has 0 aliphatic carbocycles. The summed E-state index contributed by atoms with van der Waals surface area (Å²) in [5, 5.41) is 12.3. The third-order valence-corrected chi connectivity index (χ3v) is 2.87. The summed E-state index contributed by atoms with van der Waals surface area (Å²) in [5.41, 5.74) is 1.52. The molecule has 5 nitrogen and oxygen atoms in total. The molecule has 1 aromatic heterocycles. The lowest BCUT2D eigenvalue weighted by molar-refractivity contribution is 0.0954. The Hall–Kier alpha value is -2.56. The molecule has 0 fully saturated rings. The second-order valence-corrected chi connectivity index (χ2v) is 4.25. The van der Waals surface area contributed by atoms with Gasteiger partial charge in [-0.3, -0.25) is 9.78 Å². The first-order valence-corrected chi connectivity index (χ1v) is 6.25. The topological polar surface area (TPSA) is 71.5 Å². The summed E-state index contributed by atoms with van der Waals surface area (Å²) >= 11 is 0. The second-order valence-electron chi connectivity index (χ2n) is 4.25. The molecule has 1 heterocycles. The number of hydrogen-bond donors (Lipinski definition) is 2. The van der Waals surface area contributed by atoms with Crippen LogP contribution >= 0.6 is 0 Å². The Bertz CT molecular complexity index is 585. The molecule has 0 bridgehead atoms. The maximum absolute atomic E-state index is 11.8. The van der Waals surface area contributed by atoms with E-state index in [1.807, 2.05) is 0 Å². The van der Waals surface area contributed by atoms with Crippen molar-refractivity contribution < 1.29 is 14.6 Å². The van der Waals surface area contributed by atoms with Gasteiger partial charge in [-0.05, 0) is 36.2 Å². The number of pyridine rings is 1. The summed E-state index contributed by atoms with van der Waals surface area (Å²) in [5.74, 6) is 0.389. The van der Waals surface area contributed by atoms with Gasteiger partial charge in [0.1, 0.15) is 0 Å². The number of nitrogens with one attached hydrogen (secondary N) is 1. The number of methoxy groups -OCH3 is 1. The monoisotopic (exact) mass is 272 g/mol. The van der Waals surface area contributed by atoms with E-state index in [4.69, 9.17) is 4.74 Å². The zero-order valence-corrected chi connectivity index (χ0v) is 11.2. The van der Waals surface area contributed by atoms with Gasteiger partial charge >= 0.3 is 0 Å². The minimum atomic E-state index is -0.149. The summed E-state index contributed by atoms with van der Waals surface area (Å²) < 4.78 is 5.04. The normalized spacial score (nSPS) is 10.1. The van der Waals surface area contributed by atoms with Crippen LogP contribution in [0.3, 0.4) is 0 Å². The Labute approximate surface area is 117 Å². The summed E-state index contributed by atoms with van der Waals surface area (Å²) in [6.45, 7) is 0.502. The van der Waals surface area contributed by atoms with Crippen molar-refractivity contribution >= 4 is 5.91 Å². The number of phenols is 1. The van der Waals surface area contributed by atoms with Crippen molar-refractivity contribution in [1.29, 1.82) is 0 Å². The van der Waals surface area contributed by atoms with Crippen LogP contribution in [-0.2, 0) is 6.42 Å². The highest BCUT2D eigenvalue weighted by molar-refractivity contribution is 5.93.